The molecule has 1 rings (SSSR count). The second kappa shape index (κ2) is 4.37. The van der Waals surface area contributed by atoms with Crippen LogP contribution in [0.2, 0.25) is 0 Å². The molecule has 1 N–H and O–H groups in total. The Labute approximate surface area is 78.8 Å². The van der Waals surface area contributed by atoms with Crippen LogP contribution in [0.5, 0.6) is 0 Å². The van der Waals surface area contributed by atoms with Crippen molar-refractivity contribution in [2.75, 3.05) is 20.3 Å². The average Bonchev–Trinajstić information content (AvgIpc) is 2.41. The molecular weight excluding hydrogens is 172 g/mol. The molecule has 0 amide bonds. The van der Waals surface area contributed by atoms with Crippen molar-refractivity contribution < 1.29 is 19.3 Å². The van der Waals surface area contributed by atoms with E-state index < -0.39 is 6.29 Å². The predicted octanol–water partition coefficient (Wildman–Crippen LogP) is 0.535. The van der Waals surface area contributed by atoms with E-state index in [9.17, 15) is 0 Å². The standard InChI is InChI=1S/C9H18O4/c1-9(2)4-7(6-12-9)13-8(5-10)11-3/h7-8,10H,4-6H2,1-3H3/t7-,8?/m0/s1. The van der Waals surface area contributed by atoms with Crippen molar-refractivity contribution in [2.45, 2.75) is 38.3 Å². The minimum atomic E-state index is -0.525. The van der Waals surface area contributed by atoms with Gasteiger partial charge >= 0.3 is 0 Å². The zero-order chi connectivity index (χ0) is 9.90. The summed E-state index contributed by atoms with van der Waals surface area (Å²) < 4.78 is 15.8. The fourth-order valence-corrected chi connectivity index (χ4v) is 1.46. The maximum atomic E-state index is 8.83. The number of aliphatic hydroxyl groups excluding tert-OH is 1. The molecule has 1 unspecified atom stereocenters. The van der Waals surface area contributed by atoms with E-state index in [1.807, 2.05) is 13.8 Å². The molecule has 0 aromatic heterocycles. The van der Waals surface area contributed by atoms with E-state index in [-0.39, 0.29) is 18.3 Å². The Kier molecular flexibility index (Phi) is 3.67. The lowest BCUT2D eigenvalue weighted by Gasteiger charge is -2.19. The topological polar surface area (TPSA) is 47.9 Å². The molecule has 0 aromatic rings. The van der Waals surface area contributed by atoms with Crippen molar-refractivity contribution in [3.8, 4) is 0 Å². The van der Waals surface area contributed by atoms with Crippen LogP contribution in [0.25, 0.3) is 0 Å². The predicted molar refractivity (Wildman–Crippen MR) is 47.4 cm³/mol. The first kappa shape index (κ1) is 10.9. The Hall–Kier alpha value is -0.160. The Balaban J connectivity index is 2.31. The Morgan fingerprint density at radius 1 is 1.62 bits per heavy atom. The molecule has 0 spiro atoms. The molecule has 13 heavy (non-hydrogen) atoms. The minimum Gasteiger partial charge on any atom is -0.391 e. The Morgan fingerprint density at radius 2 is 2.31 bits per heavy atom. The lowest BCUT2D eigenvalue weighted by Crippen LogP contribution is -2.27. The van der Waals surface area contributed by atoms with Crippen LogP contribution < -0.4 is 0 Å². The van der Waals surface area contributed by atoms with Gasteiger partial charge in [-0.15, -0.1) is 0 Å². The highest BCUT2D eigenvalue weighted by Gasteiger charge is 2.33. The monoisotopic (exact) mass is 190 g/mol. The van der Waals surface area contributed by atoms with Gasteiger partial charge in [-0.3, -0.25) is 0 Å². The van der Waals surface area contributed by atoms with Gasteiger partial charge in [-0.2, -0.15) is 0 Å². The Bertz CT molecular complexity index is 154. The second-order valence-electron chi connectivity index (χ2n) is 3.88. The van der Waals surface area contributed by atoms with E-state index in [0.717, 1.165) is 6.42 Å². The van der Waals surface area contributed by atoms with E-state index in [0.29, 0.717) is 6.61 Å². The normalized spacial score (nSPS) is 29.1. The molecule has 1 aliphatic rings. The molecule has 1 aliphatic heterocycles. The smallest absolute Gasteiger partial charge is 0.180 e. The van der Waals surface area contributed by atoms with Gasteiger partial charge in [0.15, 0.2) is 6.29 Å². The number of hydrogen-bond acceptors (Lipinski definition) is 4. The number of aliphatic hydroxyl groups is 1. The van der Waals surface area contributed by atoms with E-state index in [4.69, 9.17) is 19.3 Å². The summed E-state index contributed by atoms with van der Waals surface area (Å²) in [5, 5.41) is 8.83. The summed E-state index contributed by atoms with van der Waals surface area (Å²) in [6.45, 7) is 4.51. The molecule has 2 atom stereocenters. The molecule has 4 heteroatoms. The van der Waals surface area contributed by atoms with Gasteiger partial charge in [0.1, 0.15) is 0 Å². The van der Waals surface area contributed by atoms with Crippen LogP contribution in [0.1, 0.15) is 20.3 Å². The molecule has 1 saturated heterocycles. The summed E-state index contributed by atoms with van der Waals surface area (Å²) in [4.78, 5) is 0. The van der Waals surface area contributed by atoms with Crippen LogP contribution in [0, 0.1) is 0 Å². The zero-order valence-electron chi connectivity index (χ0n) is 8.45. The van der Waals surface area contributed by atoms with Crippen LogP contribution in [0.15, 0.2) is 0 Å². The van der Waals surface area contributed by atoms with E-state index in [1.54, 1.807) is 0 Å². The van der Waals surface area contributed by atoms with Crippen molar-refractivity contribution in [3.63, 3.8) is 0 Å². The number of hydrogen-bond donors (Lipinski definition) is 1. The van der Waals surface area contributed by atoms with Crippen LogP contribution >= 0.6 is 0 Å². The zero-order valence-corrected chi connectivity index (χ0v) is 8.45. The number of rotatable bonds is 4. The average molecular weight is 190 g/mol. The molecular formula is C9H18O4. The van der Waals surface area contributed by atoms with Crippen LogP contribution in [-0.2, 0) is 14.2 Å². The maximum absolute atomic E-state index is 8.83. The van der Waals surface area contributed by atoms with Gasteiger partial charge < -0.3 is 19.3 Å². The molecule has 0 aliphatic carbocycles. The van der Waals surface area contributed by atoms with Gasteiger partial charge in [0.05, 0.1) is 24.9 Å². The van der Waals surface area contributed by atoms with E-state index in [1.165, 1.54) is 7.11 Å². The largest absolute Gasteiger partial charge is 0.391 e. The first-order valence-corrected chi connectivity index (χ1v) is 4.50. The third-order valence-electron chi connectivity index (χ3n) is 2.14. The van der Waals surface area contributed by atoms with Crippen LogP contribution in [0.3, 0.4) is 0 Å². The second-order valence-corrected chi connectivity index (χ2v) is 3.88. The van der Waals surface area contributed by atoms with E-state index in [2.05, 4.69) is 0 Å². The fourth-order valence-electron chi connectivity index (χ4n) is 1.46. The van der Waals surface area contributed by atoms with Crippen molar-refractivity contribution >= 4 is 0 Å². The first-order valence-electron chi connectivity index (χ1n) is 4.50. The van der Waals surface area contributed by atoms with Crippen LogP contribution in [-0.4, -0.2) is 43.4 Å². The summed E-state index contributed by atoms with van der Waals surface area (Å²) in [6, 6.07) is 0. The molecule has 4 nitrogen and oxygen atoms in total. The van der Waals surface area contributed by atoms with Crippen molar-refractivity contribution in [1.29, 1.82) is 0 Å². The first-order chi connectivity index (χ1) is 6.07. The highest BCUT2D eigenvalue weighted by molar-refractivity contribution is 4.81. The van der Waals surface area contributed by atoms with Gasteiger partial charge in [0.2, 0.25) is 0 Å². The van der Waals surface area contributed by atoms with Gasteiger partial charge in [0.25, 0.3) is 0 Å². The van der Waals surface area contributed by atoms with E-state index >= 15 is 0 Å². The minimum absolute atomic E-state index is 0.0344. The van der Waals surface area contributed by atoms with Crippen molar-refractivity contribution in [2.24, 2.45) is 0 Å². The van der Waals surface area contributed by atoms with Gasteiger partial charge in [0, 0.05) is 13.5 Å². The lowest BCUT2D eigenvalue weighted by molar-refractivity contribution is -0.172. The Morgan fingerprint density at radius 3 is 2.69 bits per heavy atom. The van der Waals surface area contributed by atoms with Crippen molar-refractivity contribution in [1.82, 2.24) is 0 Å². The summed E-state index contributed by atoms with van der Waals surface area (Å²) in [7, 11) is 1.52. The van der Waals surface area contributed by atoms with Gasteiger partial charge in [-0.1, -0.05) is 0 Å². The van der Waals surface area contributed by atoms with Gasteiger partial charge in [-0.25, -0.2) is 0 Å². The van der Waals surface area contributed by atoms with Crippen molar-refractivity contribution in [3.05, 3.63) is 0 Å². The molecule has 0 aromatic carbocycles. The fraction of sp³-hybridized carbons (Fsp3) is 1.00. The summed E-state index contributed by atoms with van der Waals surface area (Å²) in [5.41, 5.74) is -0.113. The summed E-state index contributed by atoms with van der Waals surface area (Å²) >= 11 is 0. The van der Waals surface area contributed by atoms with Crippen LogP contribution in [0.4, 0.5) is 0 Å². The highest BCUT2D eigenvalue weighted by Crippen LogP contribution is 2.27. The summed E-state index contributed by atoms with van der Waals surface area (Å²) in [5.74, 6) is 0. The highest BCUT2D eigenvalue weighted by atomic mass is 16.7. The number of ether oxygens (including phenoxy) is 3. The quantitative estimate of drug-likeness (QED) is 0.657. The molecule has 0 radical (unpaired) electrons. The molecule has 1 fully saturated rings. The SMILES string of the molecule is COC(CO)O[C@@H]1COC(C)(C)C1. The van der Waals surface area contributed by atoms with Gasteiger partial charge in [-0.05, 0) is 13.8 Å². The third-order valence-corrected chi connectivity index (χ3v) is 2.14. The molecule has 78 valence electrons. The molecule has 1 heterocycles. The number of methoxy groups -OCH3 is 1. The lowest BCUT2D eigenvalue weighted by atomic mass is 10.1. The maximum Gasteiger partial charge on any atom is 0.180 e. The summed E-state index contributed by atoms with van der Waals surface area (Å²) in [6.07, 6.45) is 0.349. The molecule has 0 bridgehead atoms. The third kappa shape index (κ3) is 3.23. The molecule has 0 saturated carbocycles.